The Balaban J connectivity index is 2.32. The lowest BCUT2D eigenvalue weighted by molar-refractivity contribution is -0.154. The van der Waals surface area contributed by atoms with Crippen LogP contribution in [0.3, 0.4) is 0 Å². The number of unbranched alkanes of at least 4 members (excludes halogenated alkanes) is 1. The molecule has 0 unspecified atom stereocenters. The molecule has 0 radical (unpaired) electrons. The quantitative estimate of drug-likeness (QED) is 0.581. The number of hydrogen-bond donors (Lipinski definition) is 3. The van der Waals surface area contributed by atoms with Gasteiger partial charge < -0.3 is 16.2 Å². The van der Waals surface area contributed by atoms with Crippen LogP contribution >= 0.6 is 0 Å². The third-order valence-corrected chi connectivity index (χ3v) is 3.94. The van der Waals surface area contributed by atoms with Crippen LogP contribution in [0.15, 0.2) is 0 Å². The van der Waals surface area contributed by atoms with Crippen LogP contribution in [0, 0.1) is 5.41 Å². The summed E-state index contributed by atoms with van der Waals surface area (Å²) in [6.07, 6.45) is 5.64. The number of carboxylic acid groups (broad SMARTS) is 1. The molecule has 20 heavy (non-hydrogen) atoms. The lowest BCUT2D eigenvalue weighted by Crippen LogP contribution is -2.39. The summed E-state index contributed by atoms with van der Waals surface area (Å²) in [6, 6.07) is 0. The summed E-state index contributed by atoms with van der Waals surface area (Å²) in [5.74, 6) is -1.42. The zero-order valence-corrected chi connectivity index (χ0v) is 11.8. The van der Waals surface area contributed by atoms with Crippen molar-refractivity contribution in [1.82, 2.24) is 5.32 Å². The SMILES string of the molecule is NC(=O)CCCCNC(=O)CC1(C(=O)O)CCCCC1. The van der Waals surface area contributed by atoms with E-state index < -0.39 is 11.4 Å². The van der Waals surface area contributed by atoms with Crippen molar-refractivity contribution in [1.29, 1.82) is 0 Å². The minimum atomic E-state index is -0.879. The molecule has 1 aliphatic rings. The Bertz CT molecular complexity index is 362. The normalized spacial score (nSPS) is 17.4. The van der Waals surface area contributed by atoms with Gasteiger partial charge in [0.15, 0.2) is 0 Å². The number of hydrogen-bond acceptors (Lipinski definition) is 3. The van der Waals surface area contributed by atoms with E-state index in [1.54, 1.807) is 0 Å². The molecule has 6 nitrogen and oxygen atoms in total. The van der Waals surface area contributed by atoms with E-state index in [1.807, 2.05) is 0 Å². The van der Waals surface area contributed by atoms with Crippen LogP contribution in [0.2, 0.25) is 0 Å². The van der Waals surface area contributed by atoms with Crippen molar-refractivity contribution >= 4 is 17.8 Å². The first-order valence-electron chi connectivity index (χ1n) is 7.25. The first-order chi connectivity index (χ1) is 9.46. The van der Waals surface area contributed by atoms with Crippen molar-refractivity contribution in [2.45, 2.75) is 57.8 Å². The van der Waals surface area contributed by atoms with Crippen LogP contribution in [0.5, 0.6) is 0 Å². The van der Waals surface area contributed by atoms with Gasteiger partial charge in [0.1, 0.15) is 0 Å². The zero-order valence-electron chi connectivity index (χ0n) is 11.8. The Morgan fingerprint density at radius 2 is 1.75 bits per heavy atom. The summed E-state index contributed by atoms with van der Waals surface area (Å²) in [7, 11) is 0. The maximum absolute atomic E-state index is 11.9. The average molecular weight is 284 g/mol. The Morgan fingerprint density at radius 1 is 1.10 bits per heavy atom. The molecule has 1 fully saturated rings. The Kier molecular flexibility index (Phi) is 6.48. The van der Waals surface area contributed by atoms with Gasteiger partial charge >= 0.3 is 5.97 Å². The third kappa shape index (κ3) is 5.19. The smallest absolute Gasteiger partial charge is 0.310 e. The van der Waals surface area contributed by atoms with Crippen molar-refractivity contribution in [3.05, 3.63) is 0 Å². The molecule has 0 aromatic rings. The summed E-state index contributed by atoms with van der Waals surface area (Å²) in [4.78, 5) is 33.8. The Morgan fingerprint density at radius 3 is 2.30 bits per heavy atom. The molecule has 0 spiro atoms. The minimum Gasteiger partial charge on any atom is -0.481 e. The van der Waals surface area contributed by atoms with E-state index in [4.69, 9.17) is 5.73 Å². The van der Waals surface area contributed by atoms with Crippen molar-refractivity contribution in [3.8, 4) is 0 Å². The molecule has 4 N–H and O–H groups in total. The van der Waals surface area contributed by atoms with Gasteiger partial charge in [-0.1, -0.05) is 19.3 Å². The van der Waals surface area contributed by atoms with Gasteiger partial charge in [-0.05, 0) is 25.7 Å². The fourth-order valence-corrected chi connectivity index (χ4v) is 2.72. The van der Waals surface area contributed by atoms with Crippen LogP contribution in [-0.2, 0) is 14.4 Å². The molecule has 114 valence electrons. The summed E-state index contributed by atoms with van der Waals surface area (Å²) >= 11 is 0. The van der Waals surface area contributed by atoms with Crippen molar-refractivity contribution in [2.24, 2.45) is 11.1 Å². The van der Waals surface area contributed by atoms with Gasteiger partial charge in [0.05, 0.1) is 5.41 Å². The molecule has 1 aliphatic carbocycles. The molecule has 0 aromatic heterocycles. The summed E-state index contributed by atoms with van der Waals surface area (Å²) in [5.41, 5.74) is 4.14. The molecule has 0 aromatic carbocycles. The van der Waals surface area contributed by atoms with Gasteiger partial charge in [0.2, 0.25) is 11.8 Å². The first kappa shape index (κ1) is 16.5. The molecule has 2 amide bonds. The number of carboxylic acids is 1. The lowest BCUT2D eigenvalue weighted by atomic mass is 9.71. The highest BCUT2D eigenvalue weighted by molar-refractivity contribution is 5.85. The summed E-state index contributed by atoms with van der Waals surface area (Å²) in [5, 5.41) is 12.1. The molecule has 1 saturated carbocycles. The molecule has 0 bridgehead atoms. The van der Waals surface area contributed by atoms with E-state index in [9.17, 15) is 19.5 Å². The monoisotopic (exact) mass is 284 g/mol. The molecule has 1 rings (SSSR count). The van der Waals surface area contributed by atoms with Gasteiger partial charge in [-0.15, -0.1) is 0 Å². The molecular weight excluding hydrogens is 260 g/mol. The number of aliphatic carboxylic acids is 1. The van der Waals surface area contributed by atoms with Gasteiger partial charge in [0, 0.05) is 19.4 Å². The lowest BCUT2D eigenvalue weighted by Gasteiger charge is -2.32. The Labute approximate surface area is 119 Å². The number of nitrogens with one attached hydrogen (secondary N) is 1. The number of rotatable bonds is 8. The topological polar surface area (TPSA) is 109 Å². The van der Waals surface area contributed by atoms with Crippen LogP contribution in [0.25, 0.3) is 0 Å². The number of carbonyl (C=O) groups excluding carboxylic acids is 2. The van der Waals surface area contributed by atoms with Crippen LogP contribution in [0.1, 0.15) is 57.8 Å². The number of amides is 2. The van der Waals surface area contributed by atoms with E-state index in [1.165, 1.54) is 0 Å². The number of nitrogens with two attached hydrogens (primary N) is 1. The second-order valence-corrected chi connectivity index (χ2v) is 5.60. The zero-order chi connectivity index (χ0) is 15.0. The summed E-state index contributed by atoms with van der Waals surface area (Å²) in [6.45, 7) is 0.460. The second-order valence-electron chi connectivity index (χ2n) is 5.60. The highest BCUT2D eigenvalue weighted by atomic mass is 16.4. The number of primary amides is 1. The van der Waals surface area contributed by atoms with E-state index in [2.05, 4.69) is 5.32 Å². The minimum absolute atomic E-state index is 0.0537. The largest absolute Gasteiger partial charge is 0.481 e. The van der Waals surface area contributed by atoms with Crippen LogP contribution < -0.4 is 11.1 Å². The predicted octanol–water partition coefficient (Wildman–Crippen LogP) is 1.18. The standard InChI is InChI=1S/C14H24N2O4/c15-11(17)6-2-5-9-16-12(18)10-14(13(19)20)7-3-1-4-8-14/h1-10H2,(H2,15,17)(H,16,18)(H,19,20). The third-order valence-electron chi connectivity index (χ3n) is 3.94. The molecule has 6 heteroatoms. The summed E-state index contributed by atoms with van der Waals surface area (Å²) < 4.78 is 0. The molecule has 0 heterocycles. The predicted molar refractivity (Wildman–Crippen MR) is 73.8 cm³/mol. The van der Waals surface area contributed by atoms with E-state index in [0.717, 1.165) is 19.3 Å². The Hall–Kier alpha value is -1.59. The fraction of sp³-hybridized carbons (Fsp3) is 0.786. The van der Waals surface area contributed by atoms with Crippen LogP contribution in [-0.4, -0.2) is 29.4 Å². The molecule has 0 aliphatic heterocycles. The van der Waals surface area contributed by atoms with E-state index in [-0.39, 0.29) is 18.2 Å². The van der Waals surface area contributed by atoms with Gasteiger partial charge in [-0.25, -0.2) is 0 Å². The number of carbonyl (C=O) groups is 3. The molecule has 0 saturated heterocycles. The first-order valence-corrected chi connectivity index (χ1v) is 7.25. The highest BCUT2D eigenvalue weighted by Gasteiger charge is 2.41. The van der Waals surface area contributed by atoms with Crippen molar-refractivity contribution in [3.63, 3.8) is 0 Å². The van der Waals surface area contributed by atoms with Gasteiger partial charge in [-0.3, -0.25) is 14.4 Å². The molecule has 0 atom stereocenters. The van der Waals surface area contributed by atoms with Crippen molar-refractivity contribution in [2.75, 3.05) is 6.54 Å². The van der Waals surface area contributed by atoms with Gasteiger partial charge in [0.25, 0.3) is 0 Å². The van der Waals surface area contributed by atoms with Gasteiger partial charge in [-0.2, -0.15) is 0 Å². The van der Waals surface area contributed by atoms with E-state index in [0.29, 0.717) is 38.6 Å². The maximum Gasteiger partial charge on any atom is 0.310 e. The average Bonchev–Trinajstić information content (AvgIpc) is 2.38. The molecular formula is C14H24N2O4. The fourth-order valence-electron chi connectivity index (χ4n) is 2.72. The highest BCUT2D eigenvalue weighted by Crippen LogP contribution is 2.39. The van der Waals surface area contributed by atoms with Crippen LogP contribution in [0.4, 0.5) is 0 Å². The second kappa shape index (κ2) is 7.87. The maximum atomic E-state index is 11.9. The van der Waals surface area contributed by atoms with Crippen molar-refractivity contribution < 1.29 is 19.5 Å². The van der Waals surface area contributed by atoms with E-state index >= 15 is 0 Å².